The molecule has 2 aromatic rings. The molecule has 0 aromatic heterocycles. The minimum absolute atomic E-state index is 0.0217. The number of carbonyl (C=O) groups is 2. The second kappa shape index (κ2) is 7.88. The number of halogens is 1. The molecule has 1 atom stereocenters. The van der Waals surface area contributed by atoms with E-state index in [1.54, 1.807) is 6.07 Å². The Labute approximate surface area is 138 Å². The molecule has 1 N–H and O–H groups in total. The number of amides is 1. The van der Waals surface area contributed by atoms with Crippen LogP contribution in [0.4, 0.5) is 4.39 Å². The smallest absolute Gasteiger partial charge is 0.328 e. The fourth-order valence-corrected chi connectivity index (χ4v) is 2.17. The molecule has 2 aromatic carbocycles. The minimum atomic E-state index is -0.899. The van der Waals surface area contributed by atoms with Gasteiger partial charge < -0.3 is 10.1 Å². The minimum Gasteiger partial charge on any atom is -0.467 e. The third-order valence-corrected chi connectivity index (χ3v) is 3.43. The summed E-state index contributed by atoms with van der Waals surface area (Å²) >= 11 is 0. The number of nitriles is 1. The molecule has 0 heterocycles. The van der Waals surface area contributed by atoms with E-state index in [4.69, 9.17) is 10.00 Å². The fourth-order valence-electron chi connectivity index (χ4n) is 2.17. The van der Waals surface area contributed by atoms with Crippen molar-refractivity contribution >= 4 is 11.9 Å². The zero-order chi connectivity index (χ0) is 17.5. The summed E-state index contributed by atoms with van der Waals surface area (Å²) in [7, 11) is 1.23. The molecule has 0 aliphatic heterocycles. The summed E-state index contributed by atoms with van der Waals surface area (Å²) in [4.78, 5) is 24.1. The van der Waals surface area contributed by atoms with Gasteiger partial charge in [-0.15, -0.1) is 0 Å². The molecule has 0 fully saturated rings. The lowest BCUT2D eigenvalue weighted by Gasteiger charge is -2.16. The van der Waals surface area contributed by atoms with E-state index in [9.17, 15) is 14.0 Å². The summed E-state index contributed by atoms with van der Waals surface area (Å²) in [5.41, 5.74) is 0.716. The van der Waals surface area contributed by atoms with Gasteiger partial charge in [0.05, 0.1) is 12.7 Å². The highest BCUT2D eigenvalue weighted by Crippen LogP contribution is 2.11. The molecule has 0 saturated heterocycles. The molecule has 0 radical (unpaired) electrons. The molecule has 5 nitrogen and oxygen atoms in total. The molecule has 0 unspecified atom stereocenters. The SMILES string of the molecule is COC(=O)[C@H](Cc1ccccc1)NC(=O)c1ccc(C#N)c(F)c1. The van der Waals surface area contributed by atoms with Gasteiger partial charge >= 0.3 is 5.97 Å². The second-order valence-electron chi connectivity index (χ2n) is 5.05. The number of carbonyl (C=O) groups excluding carboxylic acids is 2. The summed E-state index contributed by atoms with van der Waals surface area (Å²) < 4.78 is 18.3. The number of esters is 1. The Morgan fingerprint density at radius 2 is 1.96 bits per heavy atom. The summed E-state index contributed by atoms with van der Waals surface area (Å²) in [6.07, 6.45) is 0.248. The standard InChI is InChI=1S/C18H15FN2O3/c1-24-18(23)16(9-12-5-3-2-4-6-12)21-17(22)13-7-8-14(11-20)15(19)10-13/h2-8,10,16H,9H2,1H3,(H,21,22)/t16-/m0/s1. The van der Waals surface area contributed by atoms with Crippen LogP contribution in [0.3, 0.4) is 0 Å². The monoisotopic (exact) mass is 326 g/mol. The first-order valence-corrected chi connectivity index (χ1v) is 7.17. The van der Waals surface area contributed by atoms with Crippen molar-refractivity contribution in [3.63, 3.8) is 0 Å². The summed E-state index contributed by atoms with van der Waals surface area (Å²) in [5.74, 6) is -2.01. The van der Waals surface area contributed by atoms with E-state index in [0.29, 0.717) is 0 Å². The van der Waals surface area contributed by atoms with E-state index >= 15 is 0 Å². The first kappa shape index (κ1) is 17.2. The summed E-state index contributed by atoms with van der Waals surface area (Å²) in [6, 6.07) is 13.4. The third-order valence-electron chi connectivity index (χ3n) is 3.43. The van der Waals surface area contributed by atoms with Crippen molar-refractivity contribution in [2.24, 2.45) is 0 Å². The number of nitrogens with zero attached hydrogens (tertiary/aromatic N) is 1. The van der Waals surface area contributed by atoms with E-state index in [2.05, 4.69) is 5.32 Å². The van der Waals surface area contributed by atoms with Crippen LogP contribution in [-0.2, 0) is 16.0 Å². The van der Waals surface area contributed by atoms with Crippen molar-refractivity contribution < 1.29 is 18.7 Å². The molecular formula is C18H15FN2O3. The van der Waals surface area contributed by atoms with Crippen LogP contribution >= 0.6 is 0 Å². The van der Waals surface area contributed by atoms with Gasteiger partial charge in [0.1, 0.15) is 17.9 Å². The lowest BCUT2D eigenvalue weighted by molar-refractivity contribution is -0.142. The number of hydrogen-bond donors (Lipinski definition) is 1. The first-order chi connectivity index (χ1) is 11.5. The molecule has 0 bridgehead atoms. The molecule has 0 aliphatic carbocycles. The van der Waals surface area contributed by atoms with Gasteiger partial charge in [-0.3, -0.25) is 4.79 Å². The molecular weight excluding hydrogens is 311 g/mol. The van der Waals surface area contributed by atoms with Crippen LogP contribution < -0.4 is 5.32 Å². The molecule has 24 heavy (non-hydrogen) atoms. The number of benzene rings is 2. The van der Waals surface area contributed by atoms with Gasteiger partial charge in [0.25, 0.3) is 5.91 Å². The Kier molecular flexibility index (Phi) is 5.63. The maximum Gasteiger partial charge on any atom is 0.328 e. The van der Waals surface area contributed by atoms with E-state index in [-0.39, 0.29) is 17.5 Å². The van der Waals surface area contributed by atoms with Crippen molar-refractivity contribution in [3.8, 4) is 6.07 Å². The molecule has 1 amide bonds. The number of methoxy groups -OCH3 is 1. The number of ether oxygens (including phenoxy) is 1. The highest BCUT2D eigenvalue weighted by Gasteiger charge is 2.23. The maximum absolute atomic E-state index is 13.6. The largest absolute Gasteiger partial charge is 0.467 e. The third kappa shape index (κ3) is 4.17. The van der Waals surface area contributed by atoms with Gasteiger partial charge in [-0.2, -0.15) is 5.26 Å². The Bertz CT molecular complexity index is 785. The van der Waals surface area contributed by atoms with Crippen LogP contribution in [0.1, 0.15) is 21.5 Å². The van der Waals surface area contributed by atoms with Crippen molar-refractivity contribution in [1.29, 1.82) is 5.26 Å². The molecule has 0 spiro atoms. The maximum atomic E-state index is 13.6. The molecule has 6 heteroatoms. The zero-order valence-corrected chi connectivity index (χ0v) is 13.0. The Morgan fingerprint density at radius 1 is 1.25 bits per heavy atom. The lowest BCUT2D eigenvalue weighted by atomic mass is 10.0. The summed E-state index contributed by atoms with van der Waals surface area (Å²) in [5, 5.41) is 11.2. The average Bonchev–Trinajstić information content (AvgIpc) is 2.61. The van der Waals surface area contributed by atoms with Gasteiger partial charge in [-0.25, -0.2) is 9.18 Å². The highest BCUT2D eigenvalue weighted by atomic mass is 19.1. The predicted octanol–water partition coefficient (Wildman–Crippen LogP) is 2.21. The van der Waals surface area contributed by atoms with Crippen LogP contribution in [-0.4, -0.2) is 25.0 Å². The molecule has 122 valence electrons. The van der Waals surface area contributed by atoms with Gasteiger partial charge in [0, 0.05) is 12.0 Å². The van der Waals surface area contributed by atoms with Crippen LogP contribution in [0.5, 0.6) is 0 Å². The number of hydrogen-bond acceptors (Lipinski definition) is 4. The van der Waals surface area contributed by atoms with E-state index < -0.39 is 23.7 Å². The Hall–Kier alpha value is -3.20. The van der Waals surface area contributed by atoms with Crippen molar-refractivity contribution in [2.75, 3.05) is 7.11 Å². The van der Waals surface area contributed by atoms with Gasteiger partial charge in [-0.05, 0) is 23.8 Å². The van der Waals surface area contributed by atoms with Crippen molar-refractivity contribution in [1.82, 2.24) is 5.32 Å². The fraction of sp³-hybridized carbons (Fsp3) is 0.167. The number of rotatable bonds is 5. The second-order valence-corrected chi connectivity index (χ2v) is 5.05. The highest BCUT2D eigenvalue weighted by molar-refractivity contribution is 5.97. The molecule has 2 rings (SSSR count). The normalized spacial score (nSPS) is 11.2. The molecule has 0 saturated carbocycles. The van der Waals surface area contributed by atoms with Gasteiger partial charge in [-0.1, -0.05) is 30.3 Å². The van der Waals surface area contributed by atoms with Crippen molar-refractivity contribution in [3.05, 3.63) is 71.0 Å². The van der Waals surface area contributed by atoms with Gasteiger partial charge in [0.15, 0.2) is 0 Å². The Balaban J connectivity index is 2.17. The quantitative estimate of drug-likeness (QED) is 0.855. The first-order valence-electron chi connectivity index (χ1n) is 7.17. The van der Waals surface area contributed by atoms with E-state index in [0.717, 1.165) is 11.6 Å². The van der Waals surface area contributed by atoms with Crippen LogP contribution in [0.25, 0.3) is 0 Å². The van der Waals surface area contributed by atoms with Crippen LogP contribution in [0, 0.1) is 17.1 Å². The van der Waals surface area contributed by atoms with Gasteiger partial charge in [0.2, 0.25) is 0 Å². The van der Waals surface area contributed by atoms with Crippen LogP contribution in [0.15, 0.2) is 48.5 Å². The summed E-state index contributed by atoms with van der Waals surface area (Å²) in [6.45, 7) is 0. The lowest BCUT2D eigenvalue weighted by Crippen LogP contribution is -2.43. The number of nitrogens with one attached hydrogen (secondary N) is 1. The zero-order valence-electron chi connectivity index (χ0n) is 13.0. The van der Waals surface area contributed by atoms with Crippen molar-refractivity contribution in [2.45, 2.75) is 12.5 Å². The molecule has 0 aliphatic rings. The average molecular weight is 326 g/mol. The Morgan fingerprint density at radius 3 is 2.54 bits per heavy atom. The topological polar surface area (TPSA) is 79.2 Å². The van der Waals surface area contributed by atoms with Crippen LogP contribution in [0.2, 0.25) is 0 Å². The predicted molar refractivity (Wildman–Crippen MR) is 84.5 cm³/mol. The van der Waals surface area contributed by atoms with E-state index in [1.807, 2.05) is 30.3 Å². The van der Waals surface area contributed by atoms with E-state index in [1.165, 1.54) is 19.2 Å².